The maximum atomic E-state index is 12.0. The van der Waals surface area contributed by atoms with E-state index in [1.807, 2.05) is 0 Å². The maximum absolute atomic E-state index is 12.0. The van der Waals surface area contributed by atoms with Gasteiger partial charge in [0.05, 0.1) is 18.5 Å². The topological polar surface area (TPSA) is 115 Å². The number of nitrogens with two attached hydrogens (primary N) is 1. The van der Waals surface area contributed by atoms with E-state index < -0.39 is 6.10 Å². The molecule has 0 radical (unpaired) electrons. The third kappa shape index (κ3) is 5.13. The Bertz CT molecular complexity index is 692. The van der Waals surface area contributed by atoms with Crippen molar-refractivity contribution in [2.75, 3.05) is 13.1 Å². The zero-order valence-electron chi connectivity index (χ0n) is 12.9. The van der Waals surface area contributed by atoms with Crippen LogP contribution in [0.25, 0.3) is 0 Å². The Morgan fingerprint density at radius 3 is 2.38 bits per heavy atom. The molecule has 1 unspecified atom stereocenters. The Morgan fingerprint density at radius 2 is 1.71 bits per heavy atom. The van der Waals surface area contributed by atoms with Gasteiger partial charge in [-0.05, 0) is 29.8 Å². The van der Waals surface area contributed by atoms with Crippen molar-refractivity contribution in [3.05, 3.63) is 53.6 Å². The zero-order valence-corrected chi connectivity index (χ0v) is 13.6. The lowest BCUT2D eigenvalue weighted by Gasteiger charge is -2.10. The van der Waals surface area contributed by atoms with Crippen LogP contribution in [0.1, 0.15) is 28.4 Å². The van der Waals surface area contributed by atoms with Gasteiger partial charge in [0.15, 0.2) is 17.3 Å². The van der Waals surface area contributed by atoms with E-state index >= 15 is 0 Å². The molecule has 6 N–H and O–H groups in total. The number of hydrogen-bond acceptors (Lipinski definition) is 5. The molecule has 0 aliphatic carbocycles. The number of halogens is 1. The fraction of sp³-hybridized carbons (Fsp3) is 0.235. The van der Waals surface area contributed by atoms with Crippen molar-refractivity contribution < 1.29 is 42.9 Å². The van der Waals surface area contributed by atoms with Crippen LogP contribution in [0.3, 0.4) is 0 Å². The molecule has 0 bridgehead atoms. The van der Waals surface area contributed by atoms with Crippen molar-refractivity contribution in [2.45, 2.75) is 12.5 Å². The molecule has 0 heterocycles. The molecule has 1 atom stereocenters. The minimum Gasteiger partial charge on any atom is -1.00 e. The first-order valence-electron chi connectivity index (χ1n) is 7.32. The maximum Gasteiger partial charge on any atom is 0.172 e. The number of hydrogen-bond donors (Lipinski definition) is 5. The Kier molecular flexibility index (Phi) is 7.51. The average molecular weight is 354 g/mol. The first kappa shape index (κ1) is 19.8. The summed E-state index contributed by atoms with van der Waals surface area (Å²) in [5.41, 5.74) is 0.786. The normalized spacial score (nSPS) is 11.5. The summed E-state index contributed by atoms with van der Waals surface area (Å²) < 4.78 is 0. The minimum atomic E-state index is -0.818. The number of Topliss-reactive ketones (excluding diaryl/α,β-unsaturated/α-hetero) is 1. The fourth-order valence-electron chi connectivity index (χ4n) is 2.24. The van der Waals surface area contributed by atoms with Gasteiger partial charge in [-0.3, -0.25) is 4.79 Å². The summed E-state index contributed by atoms with van der Waals surface area (Å²) in [5, 5.41) is 40.0. The molecular formula is C17H20ClNO5. The van der Waals surface area contributed by atoms with Crippen molar-refractivity contribution in [2.24, 2.45) is 0 Å². The molecule has 7 heteroatoms. The van der Waals surface area contributed by atoms with Crippen LogP contribution in [-0.2, 0) is 0 Å². The lowest BCUT2D eigenvalue weighted by molar-refractivity contribution is -0.660. The number of carbonyl (C=O) groups excluding carboxylic acids is 1. The van der Waals surface area contributed by atoms with Gasteiger partial charge < -0.3 is 38.1 Å². The van der Waals surface area contributed by atoms with Gasteiger partial charge in [-0.15, -0.1) is 0 Å². The Morgan fingerprint density at radius 1 is 1.00 bits per heavy atom. The molecular weight excluding hydrogens is 334 g/mol. The molecule has 2 aromatic rings. The summed E-state index contributed by atoms with van der Waals surface area (Å²) in [4.78, 5) is 12.0. The van der Waals surface area contributed by atoms with E-state index in [1.54, 1.807) is 23.5 Å². The first-order valence-corrected chi connectivity index (χ1v) is 7.32. The third-order valence-corrected chi connectivity index (χ3v) is 3.55. The second kappa shape index (κ2) is 9.12. The standard InChI is InChI=1S/C17H19NO5.ClH/c19-13-4-2-1-3-12(13)14(20)7-8-18-10-17(23)11-5-6-15(21)16(22)9-11;/h1-6,9,17-19,21-23H,7-8,10H2;1H. The van der Waals surface area contributed by atoms with Crippen LogP contribution < -0.4 is 17.7 Å². The van der Waals surface area contributed by atoms with Gasteiger partial charge in [0.25, 0.3) is 0 Å². The summed E-state index contributed by atoms with van der Waals surface area (Å²) in [5.74, 6) is -0.706. The van der Waals surface area contributed by atoms with E-state index in [-0.39, 0.29) is 41.9 Å². The molecule has 0 amide bonds. The highest BCUT2D eigenvalue weighted by Gasteiger charge is 2.14. The number of para-hydroxylation sites is 1. The summed E-state index contributed by atoms with van der Waals surface area (Å²) >= 11 is 0. The van der Waals surface area contributed by atoms with Crippen molar-refractivity contribution in [1.82, 2.24) is 0 Å². The molecule has 0 spiro atoms. The number of rotatable bonds is 7. The Balaban J connectivity index is 0.00000288. The highest BCUT2D eigenvalue weighted by atomic mass is 35.5. The van der Waals surface area contributed by atoms with E-state index in [0.29, 0.717) is 24.2 Å². The lowest BCUT2D eigenvalue weighted by atomic mass is 10.1. The minimum absolute atomic E-state index is 0. The predicted molar refractivity (Wildman–Crippen MR) is 83.4 cm³/mol. The number of phenols is 3. The molecule has 0 aliphatic rings. The molecule has 0 aromatic heterocycles. The molecule has 130 valence electrons. The van der Waals surface area contributed by atoms with Gasteiger partial charge in [-0.25, -0.2) is 0 Å². The van der Waals surface area contributed by atoms with Crippen LogP contribution in [0.4, 0.5) is 0 Å². The van der Waals surface area contributed by atoms with Gasteiger partial charge in [0.2, 0.25) is 0 Å². The largest absolute Gasteiger partial charge is 1.00 e. The first-order chi connectivity index (χ1) is 11.0. The van der Waals surface area contributed by atoms with E-state index in [1.165, 1.54) is 24.3 Å². The Hall–Kier alpha value is -2.28. The molecule has 0 fully saturated rings. The number of aromatic hydroxyl groups is 3. The van der Waals surface area contributed by atoms with Crippen LogP contribution in [0.15, 0.2) is 42.5 Å². The summed E-state index contributed by atoms with van der Waals surface area (Å²) in [6.07, 6.45) is -0.577. The number of ketones is 1. The van der Waals surface area contributed by atoms with E-state index in [2.05, 4.69) is 0 Å². The van der Waals surface area contributed by atoms with E-state index in [0.717, 1.165) is 0 Å². The average Bonchev–Trinajstić information content (AvgIpc) is 2.54. The molecule has 0 saturated heterocycles. The van der Waals surface area contributed by atoms with E-state index in [9.17, 15) is 25.2 Å². The van der Waals surface area contributed by atoms with Crippen LogP contribution in [-0.4, -0.2) is 39.3 Å². The van der Waals surface area contributed by atoms with Gasteiger partial charge in [0.1, 0.15) is 18.4 Å². The number of aliphatic hydroxyl groups is 1. The van der Waals surface area contributed by atoms with Crippen LogP contribution >= 0.6 is 0 Å². The monoisotopic (exact) mass is 353 g/mol. The summed E-state index contributed by atoms with van der Waals surface area (Å²) in [6.45, 7) is 0.784. The molecule has 2 aromatic carbocycles. The van der Waals surface area contributed by atoms with Crippen molar-refractivity contribution in [3.63, 3.8) is 0 Å². The predicted octanol–water partition coefficient (Wildman–Crippen LogP) is -2.32. The van der Waals surface area contributed by atoms with Crippen LogP contribution in [0.5, 0.6) is 17.2 Å². The van der Waals surface area contributed by atoms with Crippen LogP contribution in [0.2, 0.25) is 0 Å². The van der Waals surface area contributed by atoms with Gasteiger partial charge in [0, 0.05) is 0 Å². The highest BCUT2D eigenvalue weighted by Crippen LogP contribution is 2.27. The van der Waals surface area contributed by atoms with Gasteiger partial charge >= 0.3 is 0 Å². The summed E-state index contributed by atoms with van der Waals surface area (Å²) in [7, 11) is 0. The lowest BCUT2D eigenvalue weighted by Crippen LogP contribution is -3.00. The number of benzene rings is 2. The molecule has 6 nitrogen and oxygen atoms in total. The van der Waals surface area contributed by atoms with Crippen LogP contribution in [0, 0.1) is 0 Å². The van der Waals surface area contributed by atoms with Gasteiger partial charge in [-0.1, -0.05) is 18.2 Å². The third-order valence-electron chi connectivity index (χ3n) is 3.55. The van der Waals surface area contributed by atoms with Crippen molar-refractivity contribution in [3.8, 4) is 17.2 Å². The number of aliphatic hydroxyl groups excluding tert-OH is 1. The molecule has 0 aliphatic heterocycles. The highest BCUT2D eigenvalue weighted by molar-refractivity contribution is 5.98. The van der Waals surface area contributed by atoms with Gasteiger partial charge in [-0.2, -0.15) is 0 Å². The smallest absolute Gasteiger partial charge is 0.172 e. The zero-order chi connectivity index (χ0) is 16.8. The quantitative estimate of drug-likeness (QED) is 0.218. The number of carbonyl (C=O) groups is 1. The molecule has 2 rings (SSSR count). The fourth-order valence-corrected chi connectivity index (χ4v) is 2.24. The second-order valence-corrected chi connectivity index (χ2v) is 5.27. The number of quaternary nitrogens is 1. The van der Waals surface area contributed by atoms with Crippen molar-refractivity contribution >= 4 is 5.78 Å². The molecule has 0 saturated carbocycles. The van der Waals surface area contributed by atoms with E-state index in [4.69, 9.17) is 0 Å². The second-order valence-electron chi connectivity index (χ2n) is 5.27. The van der Waals surface area contributed by atoms with Crippen molar-refractivity contribution in [1.29, 1.82) is 0 Å². The Labute approximate surface area is 145 Å². The number of phenolic OH excluding ortho intramolecular Hbond substituents is 3. The molecule has 24 heavy (non-hydrogen) atoms. The SMILES string of the molecule is O=C(CC[NH2+]CC(O)c1ccc(O)c(O)c1)c1ccccc1O.[Cl-]. The summed E-state index contributed by atoms with van der Waals surface area (Å²) in [6, 6.07) is 10.5.